The summed E-state index contributed by atoms with van der Waals surface area (Å²) in [6, 6.07) is 0.269. The molecule has 2 rings (SSSR count). The van der Waals surface area contributed by atoms with Crippen LogP contribution in [-0.4, -0.2) is 35.3 Å². The van der Waals surface area contributed by atoms with Crippen LogP contribution < -0.4 is 5.73 Å². The summed E-state index contributed by atoms with van der Waals surface area (Å²) in [6.45, 7) is 3.92. The van der Waals surface area contributed by atoms with Crippen molar-refractivity contribution in [2.75, 3.05) is 19.5 Å². The summed E-state index contributed by atoms with van der Waals surface area (Å²) in [6.07, 6.45) is 2.09. The SMILES string of the molecule is CCOC(=O)c1nc(C)n(C2CC(OC)C2)c1N. The predicted molar refractivity (Wildman–Crippen MR) is 66.4 cm³/mol. The lowest BCUT2D eigenvalue weighted by Gasteiger charge is -2.36. The summed E-state index contributed by atoms with van der Waals surface area (Å²) in [4.78, 5) is 15.9. The van der Waals surface area contributed by atoms with Crippen molar-refractivity contribution in [3.8, 4) is 0 Å². The van der Waals surface area contributed by atoms with Crippen molar-refractivity contribution < 1.29 is 14.3 Å². The van der Waals surface area contributed by atoms with Gasteiger partial charge in [-0.1, -0.05) is 0 Å². The van der Waals surface area contributed by atoms with Gasteiger partial charge in [0.15, 0.2) is 5.69 Å². The van der Waals surface area contributed by atoms with Gasteiger partial charge in [0, 0.05) is 13.2 Å². The molecule has 1 saturated carbocycles. The number of carbonyl (C=O) groups is 1. The Hall–Kier alpha value is -1.56. The Kier molecular flexibility index (Phi) is 3.56. The van der Waals surface area contributed by atoms with Crippen LogP contribution in [0.25, 0.3) is 0 Å². The van der Waals surface area contributed by atoms with Gasteiger partial charge in [0.05, 0.1) is 12.7 Å². The highest BCUT2D eigenvalue weighted by Gasteiger charge is 2.34. The number of ether oxygens (including phenoxy) is 2. The zero-order valence-corrected chi connectivity index (χ0v) is 11.0. The van der Waals surface area contributed by atoms with Crippen LogP contribution in [0.4, 0.5) is 5.82 Å². The van der Waals surface area contributed by atoms with Crippen LogP contribution in [0.2, 0.25) is 0 Å². The molecule has 0 atom stereocenters. The number of rotatable bonds is 4. The van der Waals surface area contributed by atoms with Crippen LogP contribution >= 0.6 is 0 Å². The number of nitrogen functional groups attached to an aromatic ring is 1. The summed E-state index contributed by atoms with van der Waals surface area (Å²) >= 11 is 0. The van der Waals surface area contributed by atoms with E-state index in [1.807, 2.05) is 11.5 Å². The maximum atomic E-state index is 11.7. The van der Waals surface area contributed by atoms with Crippen LogP contribution in [0.3, 0.4) is 0 Å². The van der Waals surface area contributed by atoms with E-state index in [2.05, 4.69) is 4.98 Å². The molecule has 0 bridgehead atoms. The molecule has 1 aliphatic carbocycles. The van der Waals surface area contributed by atoms with Crippen LogP contribution in [0.1, 0.15) is 42.1 Å². The van der Waals surface area contributed by atoms with Crippen molar-refractivity contribution in [3.05, 3.63) is 11.5 Å². The third-order valence-corrected chi connectivity index (χ3v) is 3.36. The Labute approximate surface area is 106 Å². The average molecular weight is 253 g/mol. The molecule has 1 fully saturated rings. The van der Waals surface area contributed by atoms with Gasteiger partial charge in [0.2, 0.25) is 0 Å². The Morgan fingerprint density at radius 3 is 2.78 bits per heavy atom. The molecular weight excluding hydrogens is 234 g/mol. The van der Waals surface area contributed by atoms with Gasteiger partial charge >= 0.3 is 5.97 Å². The standard InChI is InChI=1S/C12H19N3O3/c1-4-18-12(16)10-11(13)15(7(2)14-10)8-5-9(6-8)17-3/h8-9H,4-6,13H2,1-3H3. The quantitative estimate of drug-likeness (QED) is 0.818. The lowest BCUT2D eigenvalue weighted by atomic mass is 9.89. The number of carbonyl (C=O) groups excluding carboxylic acids is 1. The van der Waals surface area contributed by atoms with Crippen molar-refractivity contribution in [2.45, 2.75) is 38.8 Å². The zero-order chi connectivity index (χ0) is 13.3. The molecule has 0 amide bonds. The molecule has 0 radical (unpaired) electrons. The van der Waals surface area contributed by atoms with E-state index in [-0.39, 0.29) is 17.8 Å². The largest absolute Gasteiger partial charge is 0.461 e. The number of nitrogens with zero attached hydrogens (tertiary/aromatic N) is 2. The molecule has 0 spiro atoms. The third kappa shape index (κ3) is 2.08. The summed E-state index contributed by atoms with van der Waals surface area (Å²) in [5.41, 5.74) is 6.21. The van der Waals surface area contributed by atoms with E-state index in [9.17, 15) is 4.79 Å². The maximum absolute atomic E-state index is 11.7. The molecule has 100 valence electrons. The van der Waals surface area contributed by atoms with Crippen molar-refractivity contribution in [1.29, 1.82) is 0 Å². The smallest absolute Gasteiger partial charge is 0.360 e. The lowest BCUT2D eigenvalue weighted by molar-refractivity contribution is 0.00623. The van der Waals surface area contributed by atoms with Crippen LogP contribution in [0, 0.1) is 6.92 Å². The molecule has 1 aliphatic rings. The highest BCUT2D eigenvalue weighted by atomic mass is 16.5. The highest BCUT2D eigenvalue weighted by molar-refractivity contribution is 5.92. The Balaban J connectivity index is 2.20. The fraction of sp³-hybridized carbons (Fsp3) is 0.667. The molecule has 1 aromatic heterocycles. The molecule has 1 heterocycles. The zero-order valence-electron chi connectivity index (χ0n) is 11.0. The molecule has 6 nitrogen and oxygen atoms in total. The minimum atomic E-state index is -0.459. The van der Waals surface area contributed by atoms with Crippen molar-refractivity contribution in [2.24, 2.45) is 0 Å². The van der Waals surface area contributed by atoms with E-state index in [4.69, 9.17) is 15.2 Å². The van der Waals surface area contributed by atoms with Crippen LogP contribution in [-0.2, 0) is 9.47 Å². The van der Waals surface area contributed by atoms with E-state index >= 15 is 0 Å². The van der Waals surface area contributed by atoms with Crippen molar-refractivity contribution in [1.82, 2.24) is 9.55 Å². The number of aryl methyl sites for hydroxylation is 1. The average Bonchev–Trinajstić information content (AvgIpc) is 2.56. The number of hydrogen-bond donors (Lipinski definition) is 1. The molecule has 0 aromatic carbocycles. The lowest BCUT2D eigenvalue weighted by Crippen LogP contribution is -2.33. The number of methoxy groups -OCH3 is 1. The second kappa shape index (κ2) is 4.97. The van der Waals surface area contributed by atoms with Gasteiger partial charge in [0.1, 0.15) is 11.6 Å². The van der Waals surface area contributed by atoms with Crippen LogP contribution in [0.5, 0.6) is 0 Å². The number of anilines is 1. The molecular formula is C12H19N3O3. The minimum Gasteiger partial charge on any atom is -0.461 e. The number of aromatic nitrogens is 2. The number of imidazole rings is 1. The van der Waals surface area contributed by atoms with E-state index in [1.54, 1.807) is 14.0 Å². The highest BCUT2D eigenvalue weighted by Crippen LogP contribution is 2.37. The van der Waals surface area contributed by atoms with E-state index < -0.39 is 5.97 Å². The number of nitrogens with two attached hydrogens (primary N) is 1. The minimum absolute atomic E-state index is 0.218. The molecule has 6 heteroatoms. The topological polar surface area (TPSA) is 79.4 Å². The molecule has 0 unspecified atom stereocenters. The first kappa shape index (κ1) is 12.9. The normalized spacial score (nSPS) is 22.6. The molecule has 1 aromatic rings. The van der Waals surface area contributed by atoms with Gasteiger partial charge in [-0.2, -0.15) is 0 Å². The first-order valence-corrected chi connectivity index (χ1v) is 6.12. The third-order valence-electron chi connectivity index (χ3n) is 3.36. The van der Waals surface area contributed by atoms with Gasteiger partial charge in [-0.25, -0.2) is 9.78 Å². The first-order chi connectivity index (χ1) is 8.58. The van der Waals surface area contributed by atoms with E-state index in [0.717, 1.165) is 18.7 Å². The molecule has 18 heavy (non-hydrogen) atoms. The fourth-order valence-corrected chi connectivity index (χ4v) is 2.31. The van der Waals surface area contributed by atoms with E-state index in [1.165, 1.54) is 0 Å². The molecule has 0 aliphatic heterocycles. The van der Waals surface area contributed by atoms with Gasteiger partial charge in [-0.3, -0.25) is 0 Å². The first-order valence-electron chi connectivity index (χ1n) is 6.12. The second-order valence-electron chi connectivity index (χ2n) is 4.47. The fourth-order valence-electron chi connectivity index (χ4n) is 2.31. The predicted octanol–water partition coefficient (Wildman–Crippen LogP) is 1.30. The Morgan fingerprint density at radius 2 is 2.22 bits per heavy atom. The maximum Gasteiger partial charge on any atom is 0.360 e. The second-order valence-corrected chi connectivity index (χ2v) is 4.47. The van der Waals surface area contributed by atoms with Gasteiger partial charge in [-0.15, -0.1) is 0 Å². The van der Waals surface area contributed by atoms with Gasteiger partial charge in [-0.05, 0) is 26.7 Å². The monoisotopic (exact) mass is 253 g/mol. The van der Waals surface area contributed by atoms with Crippen molar-refractivity contribution in [3.63, 3.8) is 0 Å². The summed E-state index contributed by atoms with van der Waals surface area (Å²) in [5, 5.41) is 0. The Morgan fingerprint density at radius 1 is 1.56 bits per heavy atom. The summed E-state index contributed by atoms with van der Waals surface area (Å²) < 4.78 is 12.1. The summed E-state index contributed by atoms with van der Waals surface area (Å²) in [5.74, 6) is 0.681. The number of hydrogen-bond acceptors (Lipinski definition) is 5. The van der Waals surface area contributed by atoms with Crippen molar-refractivity contribution >= 4 is 11.8 Å². The van der Waals surface area contributed by atoms with Gasteiger partial charge < -0.3 is 19.8 Å². The molecule has 0 saturated heterocycles. The number of esters is 1. The van der Waals surface area contributed by atoms with E-state index in [0.29, 0.717) is 12.4 Å². The Bertz CT molecular complexity index is 450. The van der Waals surface area contributed by atoms with Crippen LogP contribution in [0.15, 0.2) is 0 Å². The molecule has 2 N–H and O–H groups in total. The summed E-state index contributed by atoms with van der Waals surface area (Å²) in [7, 11) is 1.70. The van der Waals surface area contributed by atoms with Gasteiger partial charge in [0.25, 0.3) is 0 Å².